The van der Waals surface area contributed by atoms with Gasteiger partial charge in [0.1, 0.15) is 18.3 Å². The number of carbonyl (C=O) groups is 2. The third-order valence-electron chi connectivity index (χ3n) is 7.72. The summed E-state index contributed by atoms with van der Waals surface area (Å²) in [6.45, 7) is -0.663. The molecule has 12 heteroatoms. The van der Waals surface area contributed by atoms with E-state index in [1.807, 2.05) is 30.3 Å². The summed E-state index contributed by atoms with van der Waals surface area (Å²) in [7, 11) is -2.53. The van der Waals surface area contributed by atoms with Crippen LogP contribution in [0.4, 0.5) is 11.4 Å². The van der Waals surface area contributed by atoms with E-state index in [4.69, 9.17) is 4.74 Å². The number of non-ortho nitro benzene ring substituents is 1. The number of nitrogens with zero attached hydrogens (tertiary/aromatic N) is 3. The maximum absolute atomic E-state index is 14.3. The van der Waals surface area contributed by atoms with Crippen molar-refractivity contribution in [2.24, 2.45) is 0 Å². The molecule has 3 aromatic rings. The zero-order chi connectivity index (χ0) is 31.7. The first-order valence-corrected chi connectivity index (χ1v) is 16.4. The molecule has 4 rings (SSSR count). The molecule has 0 aromatic heterocycles. The Kier molecular flexibility index (Phi) is 10.9. The van der Waals surface area contributed by atoms with Gasteiger partial charge in [0.15, 0.2) is 0 Å². The molecule has 234 valence electrons. The molecule has 0 bridgehead atoms. The first kappa shape index (κ1) is 32.5. The van der Waals surface area contributed by atoms with Gasteiger partial charge in [-0.1, -0.05) is 67.8 Å². The predicted molar refractivity (Wildman–Crippen MR) is 168 cm³/mol. The number of hydrogen-bond donors (Lipinski definition) is 1. The van der Waals surface area contributed by atoms with E-state index < -0.39 is 33.4 Å². The van der Waals surface area contributed by atoms with E-state index in [2.05, 4.69) is 5.32 Å². The number of nitro benzene ring substituents is 1. The van der Waals surface area contributed by atoms with E-state index in [1.165, 1.54) is 30.2 Å². The lowest BCUT2D eigenvalue weighted by Crippen LogP contribution is -2.55. The number of rotatable bonds is 13. The van der Waals surface area contributed by atoms with E-state index in [-0.39, 0.29) is 36.3 Å². The summed E-state index contributed by atoms with van der Waals surface area (Å²) in [5, 5.41) is 14.6. The van der Waals surface area contributed by atoms with Crippen molar-refractivity contribution in [3.05, 3.63) is 100 Å². The second kappa shape index (κ2) is 14.8. The Balaban J connectivity index is 1.75. The second-order valence-electron chi connectivity index (χ2n) is 11.0. The number of hydrogen-bond acceptors (Lipinski definition) is 7. The molecule has 1 aliphatic rings. The Bertz CT molecular complexity index is 1560. The molecule has 0 radical (unpaired) electrons. The van der Waals surface area contributed by atoms with Crippen LogP contribution in [0.25, 0.3) is 0 Å². The van der Waals surface area contributed by atoms with E-state index in [0.717, 1.165) is 54.3 Å². The number of carbonyl (C=O) groups excluding carboxylic acids is 2. The summed E-state index contributed by atoms with van der Waals surface area (Å²) >= 11 is 0. The molecular formula is C32H38N4O7S. The standard InChI is InChI=1S/C32H38N4O7S/c1-43-29-18-9-13-25(19-29)22-34(31(37)23-35(44(2,41)42)27-16-10-17-28(21-27)36(39)40)30(20-24-11-5-3-6-12-24)32(38)33-26-14-7-4-8-15-26/h3,5-6,9-13,16-19,21,26,30H,4,7-8,14-15,20,22-23H2,1-2H3,(H,33,38)/t30-/m0/s1. The lowest BCUT2D eigenvalue weighted by molar-refractivity contribution is -0.384. The molecule has 1 fully saturated rings. The highest BCUT2D eigenvalue weighted by atomic mass is 32.2. The fraction of sp³-hybridized carbons (Fsp3) is 0.375. The Morgan fingerprint density at radius 3 is 2.32 bits per heavy atom. The zero-order valence-corrected chi connectivity index (χ0v) is 25.7. The van der Waals surface area contributed by atoms with Gasteiger partial charge < -0.3 is 15.0 Å². The Labute approximate surface area is 258 Å². The second-order valence-corrected chi connectivity index (χ2v) is 12.9. The van der Waals surface area contributed by atoms with E-state index in [0.29, 0.717) is 11.3 Å². The van der Waals surface area contributed by atoms with Crippen molar-refractivity contribution in [2.75, 3.05) is 24.2 Å². The number of ether oxygens (including phenoxy) is 1. The van der Waals surface area contributed by atoms with Gasteiger partial charge in [0.25, 0.3) is 5.69 Å². The molecule has 3 aromatic carbocycles. The number of amides is 2. The SMILES string of the molecule is COc1cccc(CN(C(=O)CN(c2cccc([N+](=O)[O-])c2)S(C)(=O)=O)[C@@H](Cc2ccccc2)C(=O)NC2CCCCC2)c1. The molecule has 44 heavy (non-hydrogen) atoms. The Hall–Kier alpha value is -4.45. The molecule has 1 atom stereocenters. The lowest BCUT2D eigenvalue weighted by Gasteiger charge is -2.35. The van der Waals surface area contributed by atoms with Gasteiger partial charge in [-0.15, -0.1) is 0 Å². The van der Waals surface area contributed by atoms with E-state index in [1.54, 1.807) is 24.3 Å². The van der Waals surface area contributed by atoms with Gasteiger partial charge in [0.2, 0.25) is 21.8 Å². The van der Waals surface area contributed by atoms with Crippen molar-refractivity contribution in [3.8, 4) is 5.75 Å². The third kappa shape index (κ3) is 8.79. The molecule has 1 N–H and O–H groups in total. The quantitative estimate of drug-likeness (QED) is 0.219. The monoisotopic (exact) mass is 622 g/mol. The summed E-state index contributed by atoms with van der Waals surface area (Å²) < 4.78 is 32.1. The van der Waals surface area contributed by atoms with Gasteiger partial charge in [-0.25, -0.2) is 8.42 Å². The van der Waals surface area contributed by atoms with Crippen LogP contribution in [0.15, 0.2) is 78.9 Å². The van der Waals surface area contributed by atoms with Gasteiger partial charge in [0, 0.05) is 31.1 Å². The van der Waals surface area contributed by atoms with Crippen molar-refractivity contribution < 1.29 is 27.7 Å². The minimum absolute atomic E-state index is 0.00183. The van der Waals surface area contributed by atoms with Gasteiger partial charge >= 0.3 is 0 Å². The fourth-order valence-electron chi connectivity index (χ4n) is 5.44. The molecule has 2 amide bonds. The summed E-state index contributed by atoms with van der Waals surface area (Å²) in [4.78, 5) is 40.5. The zero-order valence-electron chi connectivity index (χ0n) is 24.9. The number of nitrogens with one attached hydrogen (secondary N) is 1. The molecule has 0 heterocycles. The normalized spacial score (nSPS) is 14.3. The molecule has 0 unspecified atom stereocenters. The average Bonchev–Trinajstić information content (AvgIpc) is 3.02. The van der Waals surface area contributed by atoms with Crippen LogP contribution < -0.4 is 14.4 Å². The highest BCUT2D eigenvalue weighted by molar-refractivity contribution is 7.92. The number of anilines is 1. The van der Waals surface area contributed by atoms with Gasteiger partial charge in [0.05, 0.1) is 24.0 Å². The van der Waals surface area contributed by atoms with Crippen molar-refractivity contribution >= 4 is 33.2 Å². The number of sulfonamides is 1. The predicted octanol–water partition coefficient (Wildman–Crippen LogP) is 4.46. The first-order valence-electron chi connectivity index (χ1n) is 14.5. The highest BCUT2D eigenvalue weighted by Crippen LogP contribution is 2.25. The van der Waals surface area contributed by atoms with Crippen LogP contribution >= 0.6 is 0 Å². The largest absolute Gasteiger partial charge is 0.497 e. The molecule has 1 aliphatic carbocycles. The summed E-state index contributed by atoms with van der Waals surface area (Å²) in [5.74, 6) is -0.391. The molecular weight excluding hydrogens is 584 g/mol. The van der Waals surface area contributed by atoms with Crippen LogP contribution in [0.1, 0.15) is 43.2 Å². The first-order chi connectivity index (χ1) is 21.0. The van der Waals surface area contributed by atoms with Crippen LogP contribution in [-0.4, -0.2) is 62.0 Å². The van der Waals surface area contributed by atoms with Gasteiger partial charge in [-0.3, -0.25) is 24.0 Å². The molecule has 1 saturated carbocycles. The molecule has 11 nitrogen and oxygen atoms in total. The number of methoxy groups -OCH3 is 1. The van der Waals surface area contributed by atoms with E-state index >= 15 is 0 Å². The van der Waals surface area contributed by atoms with Crippen LogP contribution in [-0.2, 0) is 32.6 Å². The van der Waals surface area contributed by atoms with Gasteiger partial charge in [-0.2, -0.15) is 0 Å². The topological polar surface area (TPSA) is 139 Å². The molecule has 0 saturated heterocycles. The van der Waals surface area contributed by atoms with Gasteiger partial charge in [-0.05, 0) is 42.2 Å². The maximum atomic E-state index is 14.3. The minimum atomic E-state index is -4.06. The van der Waals surface area contributed by atoms with Crippen LogP contribution in [0, 0.1) is 10.1 Å². The van der Waals surface area contributed by atoms with E-state index in [9.17, 15) is 28.1 Å². The third-order valence-corrected chi connectivity index (χ3v) is 8.86. The van der Waals surface area contributed by atoms with Crippen molar-refractivity contribution in [3.63, 3.8) is 0 Å². The fourth-order valence-corrected chi connectivity index (χ4v) is 6.28. The summed E-state index contributed by atoms with van der Waals surface area (Å²) in [5.41, 5.74) is 1.18. The van der Waals surface area contributed by atoms with Crippen molar-refractivity contribution in [1.29, 1.82) is 0 Å². The van der Waals surface area contributed by atoms with Crippen LogP contribution in [0.5, 0.6) is 5.75 Å². The highest BCUT2D eigenvalue weighted by Gasteiger charge is 2.34. The summed E-state index contributed by atoms with van der Waals surface area (Å²) in [6, 6.07) is 20.5. The Morgan fingerprint density at radius 2 is 1.66 bits per heavy atom. The smallest absolute Gasteiger partial charge is 0.271 e. The average molecular weight is 623 g/mol. The summed E-state index contributed by atoms with van der Waals surface area (Å²) in [6.07, 6.45) is 5.96. The molecule has 0 aliphatic heterocycles. The number of nitro groups is 1. The maximum Gasteiger partial charge on any atom is 0.271 e. The Morgan fingerprint density at radius 1 is 0.977 bits per heavy atom. The van der Waals surface area contributed by atoms with Crippen molar-refractivity contribution in [1.82, 2.24) is 10.2 Å². The molecule has 0 spiro atoms. The minimum Gasteiger partial charge on any atom is -0.497 e. The number of benzene rings is 3. The van der Waals surface area contributed by atoms with Crippen LogP contribution in [0.3, 0.4) is 0 Å². The lowest BCUT2D eigenvalue weighted by atomic mass is 9.94. The van der Waals surface area contributed by atoms with Crippen molar-refractivity contribution in [2.45, 2.75) is 57.2 Å². The van der Waals surface area contributed by atoms with Crippen LogP contribution in [0.2, 0.25) is 0 Å².